The van der Waals surface area contributed by atoms with E-state index in [1.165, 1.54) is 0 Å². The van der Waals surface area contributed by atoms with E-state index in [0.717, 1.165) is 11.3 Å². The van der Waals surface area contributed by atoms with Crippen molar-refractivity contribution >= 4 is 11.6 Å². The van der Waals surface area contributed by atoms with Gasteiger partial charge in [-0.2, -0.15) is 0 Å². The zero-order chi connectivity index (χ0) is 13.2. The summed E-state index contributed by atoms with van der Waals surface area (Å²) in [5.41, 5.74) is 7.99. The van der Waals surface area contributed by atoms with Crippen LogP contribution in [0.3, 0.4) is 0 Å². The standard InChI is InChI=1S/C16H16N2O/c17-14-11-15(12-7-3-1-4-8-12)18(16(14)19)13-9-5-2-6-10-13/h1-10,14-15H,11,17H2. The van der Waals surface area contributed by atoms with Crippen LogP contribution in [0.25, 0.3) is 0 Å². The highest BCUT2D eigenvalue weighted by molar-refractivity contribution is 6.00. The monoisotopic (exact) mass is 252 g/mol. The van der Waals surface area contributed by atoms with Gasteiger partial charge in [-0.25, -0.2) is 0 Å². The molecular formula is C16H16N2O. The summed E-state index contributed by atoms with van der Waals surface area (Å²) in [5, 5.41) is 0. The number of hydrogen-bond acceptors (Lipinski definition) is 2. The number of hydrogen-bond donors (Lipinski definition) is 1. The van der Waals surface area contributed by atoms with Gasteiger partial charge in [0, 0.05) is 5.69 Å². The first kappa shape index (κ1) is 11.9. The van der Waals surface area contributed by atoms with Gasteiger partial charge in [0.25, 0.3) is 0 Å². The Labute approximate surface area is 112 Å². The van der Waals surface area contributed by atoms with Gasteiger partial charge in [-0.15, -0.1) is 0 Å². The quantitative estimate of drug-likeness (QED) is 0.892. The van der Waals surface area contributed by atoms with Gasteiger partial charge < -0.3 is 10.6 Å². The highest BCUT2D eigenvalue weighted by Gasteiger charge is 2.38. The van der Waals surface area contributed by atoms with E-state index >= 15 is 0 Å². The van der Waals surface area contributed by atoms with Gasteiger partial charge in [-0.05, 0) is 24.1 Å². The first-order valence-electron chi connectivity index (χ1n) is 6.46. The number of para-hydroxylation sites is 1. The van der Waals surface area contributed by atoms with Crippen LogP contribution < -0.4 is 10.6 Å². The molecule has 1 amide bonds. The van der Waals surface area contributed by atoms with Gasteiger partial charge in [0.1, 0.15) is 0 Å². The minimum atomic E-state index is -0.412. The van der Waals surface area contributed by atoms with E-state index in [9.17, 15) is 4.79 Å². The molecule has 0 saturated carbocycles. The fraction of sp³-hybridized carbons (Fsp3) is 0.188. The van der Waals surface area contributed by atoms with Gasteiger partial charge in [0.15, 0.2) is 0 Å². The molecule has 1 fully saturated rings. The predicted octanol–water partition coefficient (Wildman–Crippen LogP) is 2.49. The Kier molecular flexibility index (Phi) is 3.05. The first-order chi connectivity index (χ1) is 9.27. The van der Waals surface area contributed by atoms with Crippen LogP contribution >= 0.6 is 0 Å². The molecule has 2 aromatic carbocycles. The molecule has 1 heterocycles. The molecule has 0 radical (unpaired) electrons. The lowest BCUT2D eigenvalue weighted by Gasteiger charge is -2.25. The van der Waals surface area contributed by atoms with E-state index in [1.807, 2.05) is 65.6 Å². The van der Waals surface area contributed by atoms with Gasteiger partial charge in [-0.3, -0.25) is 4.79 Å². The maximum Gasteiger partial charge on any atom is 0.244 e. The Balaban J connectivity index is 2.02. The molecule has 0 aromatic heterocycles. The molecule has 0 bridgehead atoms. The number of amides is 1. The van der Waals surface area contributed by atoms with Crippen molar-refractivity contribution in [2.45, 2.75) is 18.5 Å². The van der Waals surface area contributed by atoms with Crippen LogP contribution in [0.15, 0.2) is 60.7 Å². The number of nitrogens with zero attached hydrogens (tertiary/aromatic N) is 1. The molecule has 1 saturated heterocycles. The summed E-state index contributed by atoms with van der Waals surface area (Å²) in [6, 6.07) is 19.4. The Morgan fingerprint density at radius 3 is 2.16 bits per heavy atom. The molecule has 2 atom stereocenters. The lowest BCUT2D eigenvalue weighted by atomic mass is 10.0. The SMILES string of the molecule is NC1CC(c2ccccc2)N(c2ccccc2)C1=O. The lowest BCUT2D eigenvalue weighted by molar-refractivity contribution is -0.118. The van der Waals surface area contributed by atoms with Crippen LogP contribution in [0, 0.1) is 0 Å². The molecular weight excluding hydrogens is 236 g/mol. The van der Waals surface area contributed by atoms with Crippen molar-refractivity contribution in [1.29, 1.82) is 0 Å². The average molecular weight is 252 g/mol. The van der Waals surface area contributed by atoms with E-state index in [0.29, 0.717) is 6.42 Å². The minimum absolute atomic E-state index is 0.0000491. The van der Waals surface area contributed by atoms with Crippen molar-refractivity contribution in [2.24, 2.45) is 5.73 Å². The molecule has 3 rings (SSSR count). The van der Waals surface area contributed by atoms with E-state index in [-0.39, 0.29) is 11.9 Å². The van der Waals surface area contributed by atoms with E-state index in [4.69, 9.17) is 5.73 Å². The second-order valence-electron chi connectivity index (χ2n) is 4.81. The summed E-state index contributed by atoms with van der Waals surface area (Å²) in [7, 11) is 0. The molecule has 2 unspecified atom stereocenters. The molecule has 0 spiro atoms. The highest BCUT2D eigenvalue weighted by atomic mass is 16.2. The van der Waals surface area contributed by atoms with Gasteiger partial charge in [0.05, 0.1) is 12.1 Å². The van der Waals surface area contributed by atoms with E-state index < -0.39 is 6.04 Å². The minimum Gasteiger partial charge on any atom is -0.320 e. The van der Waals surface area contributed by atoms with Crippen molar-refractivity contribution in [1.82, 2.24) is 0 Å². The fourth-order valence-corrected chi connectivity index (χ4v) is 2.64. The largest absolute Gasteiger partial charge is 0.320 e. The normalized spacial score (nSPS) is 22.8. The summed E-state index contributed by atoms with van der Waals surface area (Å²) in [5.74, 6) is 0.0000491. The smallest absolute Gasteiger partial charge is 0.244 e. The van der Waals surface area contributed by atoms with Gasteiger partial charge in [0.2, 0.25) is 5.91 Å². The third-order valence-electron chi connectivity index (χ3n) is 3.56. The maximum absolute atomic E-state index is 12.3. The Morgan fingerprint density at radius 1 is 0.947 bits per heavy atom. The third-order valence-corrected chi connectivity index (χ3v) is 3.56. The number of rotatable bonds is 2. The zero-order valence-electron chi connectivity index (χ0n) is 10.6. The average Bonchev–Trinajstić information content (AvgIpc) is 2.77. The molecule has 19 heavy (non-hydrogen) atoms. The van der Waals surface area contributed by atoms with Crippen molar-refractivity contribution in [2.75, 3.05) is 4.90 Å². The Bertz CT molecular complexity index is 568. The third kappa shape index (κ3) is 2.13. The number of carbonyl (C=O) groups is 1. The molecule has 0 aliphatic carbocycles. The van der Waals surface area contributed by atoms with Crippen LogP contribution in [-0.2, 0) is 4.79 Å². The van der Waals surface area contributed by atoms with E-state index in [1.54, 1.807) is 0 Å². The van der Waals surface area contributed by atoms with E-state index in [2.05, 4.69) is 0 Å². The summed E-state index contributed by atoms with van der Waals surface area (Å²) in [6.07, 6.45) is 0.664. The molecule has 1 aliphatic heterocycles. The topological polar surface area (TPSA) is 46.3 Å². The fourth-order valence-electron chi connectivity index (χ4n) is 2.64. The molecule has 2 aromatic rings. The summed E-state index contributed by atoms with van der Waals surface area (Å²) >= 11 is 0. The van der Waals surface area contributed by atoms with Crippen molar-refractivity contribution < 1.29 is 4.79 Å². The summed E-state index contributed by atoms with van der Waals surface area (Å²) in [6.45, 7) is 0. The first-order valence-corrected chi connectivity index (χ1v) is 6.46. The van der Waals surface area contributed by atoms with Crippen molar-refractivity contribution in [3.05, 3.63) is 66.2 Å². The molecule has 3 heteroatoms. The predicted molar refractivity (Wildman–Crippen MR) is 75.7 cm³/mol. The lowest BCUT2D eigenvalue weighted by Crippen LogP contribution is -2.34. The Morgan fingerprint density at radius 2 is 1.53 bits per heavy atom. The number of anilines is 1. The van der Waals surface area contributed by atoms with Crippen LogP contribution in [-0.4, -0.2) is 11.9 Å². The molecule has 2 N–H and O–H groups in total. The van der Waals surface area contributed by atoms with Crippen molar-refractivity contribution in [3.63, 3.8) is 0 Å². The zero-order valence-corrected chi connectivity index (χ0v) is 10.6. The van der Waals surface area contributed by atoms with Crippen molar-refractivity contribution in [3.8, 4) is 0 Å². The van der Waals surface area contributed by atoms with Crippen LogP contribution in [0.2, 0.25) is 0 Å². The van der Waals surface area contributed by atoms with Gasteiger partial charge in [-0.1, -0.05) is 48.5 Å². The number of nitrogens with two attached hydrogens (primary N) is 1. The van der Waals surface area contributed by atoms with Crippen LogP contribution in [0.1, 0.15) is 18.0 Å². The van der Waals surface area contributed by atoms with Crippen LogP contribution in [0.5, 0.6) is 0 Å². The second kappa shape index (κ2) is 4.86. The van der Waals surface area contributed by atoms with Gasteiger partial charge >= 0.3 is 0 Å². The number of carbonyl (C=O) groups excluding carboxylic acids is 1. The highest BCUT2D eigenvalue weighted by Crippen LogP contribution is 2.36. The van der Waals surface area contributed by atoms with Crippen LogP contribution in [0.4, 0.5) is 5.69 Å². The maximum atomic E-state index is 12.3. The Hall–Kier alpha value is -2.13. The molecule has 96 valence electrons. The number of benzene rings is 2. The summed E-state index contributed by atoms with van der Waals surface area (Å²) < 4.78 is 0. The second-order valence-corrected chi connectivity index (χ2v) is 4.81. The molecule has 1 aliphatic rings. The molecule has 3 nitrogen and oxygen atoms in total. The summed E-state index contributed by atoms with van der Waals surface area (Å²) in [4.78, 5) is 14.1.